The summed E-state index contributed by atoms with van der Waals surface area (Å²) >= 11 is 0. The van der Waals surface area contributed by atoms with Gasteiger partial charge in [0.25, 0.3) is 0 Å². The third-order valence-electron chi connectivity index (χ3n) is 3.33. The maximum absolute atomic E-state index is 11.1. The van der Waals surface area contributed by atoms with Crippen LogP contribution in [-0.2, 0) is 4.79 Å². The van der Waals surface area contributed by atoms with Crippen molar-refractivity contribution in [3.05, 3.63) is 18.2 Å². The summed E-state index contributed by atoms with van der Waals surface area (Å²) in [5.41, 5.74) is 19.0. The van der Waals surface area contributed by atoms with E-state index in [4.69, 9.17) is 17.2 Å². The molecule has 1 aromatic rings. The lowest BCUT2D eigenvalue weighted by Gasteiger charge is -2.32. The molecule has 0 radical (unpaired) electrons. The second-order valence-electron chi connectivity index (χ2n) is 4.48. The Kier molecular flexibility index (Phi) is 3.08. The van der Waals surface area contributed by atoms with Gasteiger partial charge in [0.1, 0.15) is 0 Å². The van der Waals surface area contributed by atoms with Gasteiger partial charge in [-0.1, -0.05) is 0 Å². The first-order chi connectivity index (χ1) is 8.08. The predicted octanol–water partition coefficient (Wildman–Crippen LogP) is 0.553. The molecule has 1 amide bonds. The van der Waals surface area contributed by atoms with Crippen LogP contribution in [0.3, 0.4) is 0 Å². The number of nitrogens with zero attached hydrogens (tertiary/aromatic N) is 1. The number of carbonyl (C=O) groups is 1. The first-order valence-corrected chi connectivity index (χ1v) is 5.77. The fraction of sp³-hybridized carbons (Fsp3) is 0.417. The molecule has 0 atom stereocenters. The number of hydrogen-bond acceptors (Lipinski definition) is 4. The summed E-state index contributed by atoms with van der Waals surface area (Å²) < 4.78 is 0. The molecule has 17 heavy (non-hydrogen) atoms. The van der Waals surface area contributed by atoms with Gasteiger partial charge in [-0.25, -0.2) is 0 Å². The second-order valence-corrected chi connectivity index (χ2v) is 4.48. The van der Waals surface area contributed by atoms with E-state index >= 15 is 0 Å². The number of primary amides is 1. The lowest BCUT2D eigenvalue weighted by Crippen LogP contribution is -2.38. The zero-order chi connectivity index (χ0) is 12.4. The minimum atomic E-state index is -0.193. The molecule has 0 saturated carbocycles. The molecule has 92 valence electrons. The summed E-state index contributed by atoms with van der Waals surface area (Å²) in [6, 6.07) is 5.64. The van der Waals surface area contributed by atoms with Gasteiger partial charge in [0.2, 0.25) is 5.91 Å². The summed E-state index contributed by atoms with van der Waals surface area (Å²) in [7, 11) is 0. The van der Waals surface area contributed by atoms with Crippen LogP contribution in [0.5, 0.6) is 0 Å². The van der Waals surface area contributed by atoms with Crippen molar-refractivity contribution in [2.45, 2.75) is 12.8 Å². The summed E-state index contributed by atoms with van der Waals surface area (Å²) in [5.74, 6) is -0.182. The Morgan fingerprint density at radius 1 is 1.18 bits per heavy atom. The van der Waals surface area contributed by atoms with Gasteiger partial charge in [-0.3, -0.25) is 4.79 Å². The summed E-state index contributed by atoms with van der Waals surface area (Å²) in [6.07, 6.45) is 1.61. The fourth-order valence-corrected chi connectivity index (χ4v) is 2.18. The molecule has 0 unspecified atom stereocenters. The van der Waals surface area contributed by atoms with Crippen LogP contribution < -0.4 is 22.1 Å². The minimum Gasteiger partial charge on any atom is -0.397 e. The number of rotatable bonds is 2. The number of piperidine rings is 1. The van der Waals surface area contributed by atoms with Crippen molar-refractivity contribution < 1.29 is 4.79 Å². The quantitative estimate of drug-likeness (QED) is 0.651. The maximum atomic E-state index is 11.1. The maximum Gasteiger partial charge on any atom is 0.220 e. The van der Waals surface area contributed by atoms with Gasteiger partial charge in [0, 0.05) is 24.7 Å². The zero-order valence-electron chi connectivity index (χ0n) is 9.73. The molecule has 2 rings (SSSR count). The van der Waals surface area contributed by atoms with E-state index in [0.29, 0.717) is 11.4 Å². The Morgan fingerprint density at radius 2 is 1.82 bits per heavy atom. The molecule has 6 N–H and O–H groups in total. The van der Waals surface area contributed by atoms with Gasteiger partial charge in [-0.2, -0.15) is 0 Å². The van der Waals surface area contributed by atoms with Crippen molar-refractivity contribution in [2.75, 3.05) is 29.5 Å². The molecule has 0 bridgehead atoms. The van der Waals surface area contributed by atoms with Crippen molar-refractivity contribution >= 4 is 23.0 Å². The van der Waals surface area contributed by atoms with Crippen molar-refractivity contribution in [2.24, 2.45) is 11.7 Å². The van der Waals surface area contributed by atoms with Crippen LogP contribution >= 0.6 is 0 Å². The van der Waals surface area contributed by atoms with E-state index in [-0.39, 0.29) is 11.8 Å². The van der Waals surface area contributed by atoms with E-state index in [2.05, 4.69) is 4.90 Å². The number of nitrogen functional groups attached to an aromatic ring is 2. The van der Waals surface area contributed by atoms with Gasteiger partial charge in [0.05, 0.1) is 11.4 Å². The third kappa shape index (κ3) is 2.43. The van der Waals surface area contributed by atoms with Gasteiger partial charge in [0.15, 0.2) is 0 Å². The molecule has 5 nitrogen and oxygen atoms in total. The monoisotopic (exact) mass is 234 g/mol. The van der Waals surface area contributed by atoms with Crippen LogP contribution in [0.2, 0.25) is 0 Å². The van der Waals surface area contributed by atoms with Crippen LogP contribution in [0.15, 0.2) is 18.2 Å². The van der Waals surface area contributed by atoms with E-state index < -0.39 is 0 Å². The highest BCUT2D eigenvalue weighted by atomic mass is 16.1. The zero-order valence-corrected chi connectivity index (χ0v) is 9.73. The normalized spacial score (nSPS) is 17.1. The lowest BCUT2D eigenvalue weighted by molar-refractivity contribution is -0.122. The topological polar surface area (TPSA) is 98.4 Å². The number of amides is 1. The summed E-state index contributed by atoms with van der Waals surface area (Å²) in [6.45, 7) is 1.66. The van der Waals surface area contributed by atoms with E-state index in [0.717, 1.165) is 31.6 Å². The molecule has 0 aromatic heterocycles. The highest BCUT2D eigenvalue weighted by Gasteiger charge is 2.23. The van der Waals surface area contributed by atoms with Gasteiger partial charge in [-0.15, -0.1) is 0 Å². The Morgan fingerprint density at radius 3 is 2.35 bits per heavy atom. The Balaban J connectivity index is 2.05. The average molecular weight is 234 g/mol. The number of anilines is 3. The van der Waals surface area contributed by atoms with Crippen molar-refractivity contribution in [3.8, 4) is 0 Å². The van der Waals surface area contributed by atoms with Crippen LogP contribution in [0.1, 0.15) is 12.8 Å². The fourth-order valence-electron chi connectivity index (χ4n) is 2.18. The van der Waals surface area contributed by atoms with Crippen molar-refractivity contribution in [3.63, 3.8) is 0 Å². The molecular weight excluding hydrogens is 216 g/mol. The molecule has 1 saturated heterocycles. The van der Waals surface area contributed by atoms with Crippen molar-refractivity contribution in [1.29, 1.82) is 0 Å². The predicted molar refractivity (Wildman–Crippen MR) is 69.4 cm³/mol. The molecule has 1 aliphatic rings. The molecule has 0 aliphatic carbocycles. The average Bonchev–Trinajstić information content (AvgIpc) is 2.33. The highest BCUT2D eigenvalue weighted by molar-refractivity contribution is 5.77. The molecule has 1 heterocycles. The summed E-state index contributed by atoms with van der Waals surface area (Å²) in [4.78, 5) is 13.3. The number of hydrogen-bond donors (Lipinski definition) is 3. The molecule has 5 heteroatoms. The Bertz CT molecular complexity index is 425. The molecule has 1 aromatic carbocycles. The lowest BCUT2D eigenvalue weighted by atomic mass is 9.96. The van der Waals surface area contributed by atoms with Crippen LogP contribution in [0.4, 0.5) is 17.1 Å². The highest BCUT2D eigenvalue weighted by Crippen LogP contribution is 2.27. The first-order valence-electron chi connectivity index (χ1n) is 5.77. The Hall–Kier alpha value is -1.91. The van der Waals surface area contributed by atoms with E-state index in [1.54, 1.807) is 0 Å². The number of benzene rings is 1. The molecular formula is C12H18N4O. The smallest absolute Gasteiger partial charge is 0.220 e. The molecule has 1 aliphatic heterocycles. The van der Waals surface area contributed by atoms with Gasteiger partial charge >= 0.3 is 0 Å². The summed E-state index contributed by atoms with van der Waals surface area (Å²) in [5, 5.41) is 0. The van der Waals surface area contributed by atoms with Crippen LogP contribution in [-0.4, -0.2) is 19.0 Å². The van der Waals surface area contributed by atoms with Gasteiger partial charge < -0.3 is 22.1 Å². The van der Waals surface area contributed by atoms with Crippen molar-refractivity contribution in [1.82, 2.24) is 0 Å². The molecule has 0 spiro atoms. The van der Waals surface area contributed by atoms with E-state index in [1.165, 1.54) is 0 Å². The van der Waals surface area contributed by atoms with E-state index in [1.807, 2.05) is 18.2 Å². The van der Waals surface area contributed by atoms with Gasteiger partial charge in [-0.05, 0) is 31.0 Å². The number of carbonyl (C=O) groups excluding carboxylic acids is 1. The van der Waals surface area contributed by atoms with Crippen LogP contribution in [0.25, 0.3) is 0 Å². The largest absolute Gasteiger partial charge is 0.397 e. The second kappa shape index (κ2) is 4.53. The minimum absolute atomic E-state index is 0.0115. The standard InChI is InChI=1S/C12H18N4O/c13-10-2-1-9(7-11(10)14)16-5-3-8(4-6-16)12(15)17/h1-2,7-8H,3-6,13-14H2,(H2,15,17). The SMILES string of the molecule is NC(=O)C1CCN(c2ccc(N)c(N)c2)CC1. The van der Waals surface area contributed by atoms with Crippen LogP contribution in [0, 0.1) is 5.92 Å². The first kappa shape index (κ1) is 11.6. The number of nitrogens with two attached hydrogens (primary N) is 3. The molecule has 1 fully saturated rings. The Labute approximate surface area is 101 Å². The van der Waals surface area contributed by atoms with E-state index in [9.17, 15) is 4.79 Å². The third-order valence-corrected chi connectivity index (χ3v) is 3.33.